The molecular weight excluding hydrogens is 264 g/mol. The third kappa shape index (κ3) is 2.92. The summed E-state index contributed by atoms with van der Waals surface area (Å²) >= 11 is 0. The first-order valence-corrected chi connectivity index (χ1v) is 6.85. The molecule has 1 N–H and O–H groups in total. The zero-order valence-electron chi connectivity index (χ0n) is 11.7. The Kier molecular flexibility index (Phi) is 4.26. The number of carboxylic acids is 1. The van der Waals surface area contributed by atoms with Gasteiger partial charge in [-0.05, 0) is 43.7 Å². The smallest absolute Gasteiger partial charge is 0.335 e. The van der Waals surface area contributed by atoms with E-state index in [1.807, 2.05) is 0 Å². The van der Waals surface area contributed by atoms with Crippen LogP contribution in [-0.4, -0.2) is 24.2 Å². The molecule has 3 nitrogen and oxygen atoms in total. The summed E-state index contributed by atoms with van der Waals surface area (Å²) in [4.78, 5) is 12.4. The predicted molar refractivity (Wildman–Crippen MR) is 73.1 cm³/mol. The molecule has 2 rings (SSSR count). The number of benzene rings is 1. The fraction of sp³-hybridized carbons (Fsp3) is 0.533. The average molecular weight is 283 g/mol. The largest absolute Gasteiger partial charge is 0.478 e. The molecule has 1 saturated carbocycles. The van der Waals surface area contributed by atoms with Crippen LogP contribution in [0.2, 0.25) is 0 Å². The number of anilines is 1. The van der Waals surface area contributed by atoms with Gasteiger partial charge < -0.3 is 10.0 Å². The molecular formula is C15H19F2NO2. The number of hydrogen-bond acceptors (Lipinski definition) is 2. The number of rotatable bonds is 3. The van der Waals surface area contributed by atoms with Gasteiger partial charge in [-0.25, -0.2) is 13.6 Å². The van der Waals surface area contributed by atoms with Gasteiger partial charge in [0.15, 0.2) is 0 Å². The highest BCUT2D eigenvalue weighted by atomic mass is 19.1. The Morgan fingerprint density at radius 1 is 1.20 bits per heavy atom. The van der Waals surface area contributed by atoms with E-state index in [4.69, 9.17) is 5.11 Å². The second kappa shape index (κ2) is 5.77. The van der Waals surface area contributed by atoms with Crippen LogP contribution in [0.5, 0.6) is 0 Å². The van der Waals surface area contributed by atoms with Gasteiger partial charge in [-0.1, -0.05) is 6.92 Å². The Morgan fingerprint density at radius 2 is 1.70 bits per heavy atom. The number of aromatic carboxylic acids is 1. The van der Waals surface area contributed by atoms with Crippen LogP contribution in [0.3, 0.4) is 0 Å². The second-order valence-electron chi connectivity index (χ2n) is 5.62. The van der Waals surface area contributed by atoms with Crippen LogP contribution in [0, 0.1) is 17.6 Å². The van der Waals surface area contributed by atoms with Crippen molar-refractivity contribution in [3.05, 3.63) is 29.3 Å². The van der Waals surface area contributed by atoms with E-state index in [9.17, 15) is 13.6 Å². The van der Waals surface area contributed by atoms with E-state index < -0.39 is 17.6 Å². The quantitative estimate of drug-likeness (QED) is 0.920. The summed E-state index contributed by atoms with van der Waals surface area (Å²) in [5, 5.41) is 8.79. The molecule has 110 valence electrons. The summed E-state index contributed by atoms with van der Waals surface area (Å²) in [6.07, 6.45) is 3.89. The van der Waals surface area contributed by atoms with E-state index in [1.54, 1.807) is 11.9 Å². The van der Waals surface area contributed by atoms with Crippen molar-refractivity contribution in [1.82, 2.24) is 0 Å². The van der Waals surface area contributed by atoms with E-state index in [0.29, 0.717) is 5.92 Å². The molecule has 1 aliphatic rings. The van der Waals surface area contributed by atoms with Crippen molar-refractivity contribution in [2.75, 3.05) is 11.9 Å². The van der Waals surface area contributed by atoms with Gasteiger partial charge in [-0.2, -0.15) is 0 Å². The molecule has 20 heavy (non-hydrogen) atoms. The SMILES string of the molecule is CC1CCC(N(C)c2c(F)cc(C(=O)O)cc2F)CC1. The van der Waals surface area contributed by atoms with Crippen LogP contribution >= 0.6 is 0 Å². The van der Waals surface area contributed by atoms with Gasteiger partial charge in [0.2, 0.25) is 0 Å². The molecule has 0 amide bonds. The first-order valence-electron chi connectivity index (χ1n) is 6.85. The van der Waals surface area contributed by atoms with Crippen LogP contribution in [0.25, 0.3) is 0 Å². The molecule has 0 spiro atoms. The molecule has 0 heterocycles. The Hall–Kier alpha value is -1.65. The molecule has 1 fully saturated rings. The molecule has 0 unspecified atom stereocenters. The van der Waals surface area contributed by atoms with E-state index in [-0.39, 0.29) is 17.3 Å². The number of nitrogens with zero attached hydrogens (tertiary/aromatic N) is 1. The van der Waals surface area contributed by atoms with Gasteiger partial charge >= 0.3 is 5.97 Å². The van der Waals surface area contributed by atoms with Gasteiger partial charge in [-0.3, -0.25) is 0 Å². The fourth-order valence-electron chi connectivity index (χ4n) is 2.84. The third-order valence-corrected chi connectivity index (χ3v) is 4.15. The van der Waals surface area contributed by atoms with Crippen LogP contribution in [0.1, 0.15) is 43.0 Å². The monoisotopic (exact) mass is 283 g/mol. The van der Waals surface area contributed by atoms with E-state index in [1.165, 1.54) is 0 Å². The number of hydrogen-bond donors (Lipinski definition) is 1. The van der Waals surface area contributed by atoms with Crippen molar-refractivity contribution >= 4 is 11.7 Å². The van der Waals surface area contributed by atoms with Crippen molar-refractivity contribution in [3.63, 3.8) is 0 Å². The maximum atomic E-state index is 14.0. The first kappa shape index (κ1) is 14.8. The summed E-state index contributed by atoms with van der Waals surface area (Å²) in [7, 11) is 1.67. The molecule has 1 aromatic rings. The second-order valence-corrected chi connectivity index (χ2v) is 5.62. The summed E-state index contributed by atoms with van der Waals surface area (Å²) in [5.74, 6) is -2.31. The number of halogens is 2. The molecule has 0 aromatic heterocycles. The fourth-order valence-corrected chi connectivity index (χ4v) is 2.84. The van der Waals surface area contributed by atoms with Crippen LogP contribution in [0.4, 0.5) is 14.5 Å². The molecule has 5 heteroatoms. The van der Waals surface area contributed by atoms with Crippen molar-refractivity contribution in [2.24, 2.45) is 5.92 Å². The lowest BCUT2D eigenvalue weighted by Crippen LogP contribution is -2.36. The molecule has 0 bridgehead atoms. The zero-order chi connectivity index (χ0) is 14.9. The highest BCUT2D eigenvalue weighted by molar-refractivity contribution is 5.88. The van der Waals surface area contributed by atoms with Gasteiger partial charge in [-0.15, -0.1) is 0 Å². The van der Waals surface area contributed by atoms with Gasteiger partial charge in [0.05, 0.1) is 5.56 Å². The summed E-state index contributed by atoms with van der Waals surface area (Å²) < 4.78 is 28.0. The van der Waals surface area contributed by atoms with Crippen molar-refractivity contribution < 1.29 is 18.7 Å². The normalized spacial score (nSPS) is 22.6. The van der Waals surface area contributed by atoms with E-state index in [0.717, 1.165) is 37.8 Å². The van der Waals surface area contributed by atoms with Crippen molar-refractivity contribution in [1.29, 1.82) is 0 Å². The zero-order valence-corrected chi connectivity index (χ0v) is 11.7. The van der Waals surface area contributed by atoms with Gasteiger partial charge in [0.1, 0.15) is 17.3 Å². The van der Waals surface area contributed by atoms with E-state index in [2.05, 4.69) is 6.92 Å². The summed E-state index contributed by atoms with van der Waals surface area (Å²) in [6.45, 7) is 2.18. The van der Waals surface area contributed by atoms with Gasteiger partial charge in [0.25, 0.3) is 0 Å². The first-order chi connectivity index (χ1) is 9.40. The van der Waals surface area contributed by atoms with E-state index >= 15 is 0 Å². The maximum Gasteiger partial charge on any atom is 0.335 e. The summed E-state index contributed by atoms with van der Waals surface area (Å²) in [6, 6.07) is 1.86. The lowest BCUT2D eigenvalue weighted by Gasteiger charge is -2.35. The maximum absolute atomic E-state index is 14.0. The minimum Gasteiger partial charge on any atom is -0.478 e. The molecule has 1 aromatic carbocycles. The van der Waals surface area contributed by atoms with Crippen LogP contribution in [-0.2, 0) is 0 Å². The Morgan fingerprint density at radius 3 is 2.15 bits per heavy atom. The molecule has 0 aliphatic heterocycles. The lowest BCUT2D eigenvalue weighted by molar-refractivity contribution is 0.0695. The van der Waals surface area contributed by atoms with Gasteiger partial charge in [0, 0.05) is 13.1 Å². The molecule has 0 saturated heterocycles. The van der Waals surface area contributed by atoms with Crippen LogP contribution in [0.15, 0.2) is 12.1 Å². The highest BCUT2D eigenvalue weighted by Crippen LogP contribution is 2.32. The third-order valence-electron chi connectivity index (χ3n) is 4.15. The summed E-state index contributed by atoms with van der Waals surface area (Å²) in [5.41, 5.74) is -0.496. The Balaban J connectivity index is 2.26. The minimum atomic E-state index is -1.33. The Labute approximate surface area is 117 Å². The van der Waals surface area contributed by atoms with Crippen molar-refractivity contribution in [3.8, 4) is 0 Å². The lowest BCUT2D eigenvalue weighted by atomic mass is 9.86. The Bertz CT molecular complexity index is 488. The molecule has 1 aliphatic carbocycles. The predicted octanol–water partition coefficient (Wildman–Crippen LogP) is 3.68. The topological polar surface area (TPSA) is 40.5 Å². The highest BCUT2D eigenvalue weighted by Gasteiger charge is 2.26. The number of carbonyl (C=O) groups is 1. The van der Waals surface area contributed by atoms with Crippen molar-refractivity contribution in [2.45, 2.75) is 38.6 Å². The number of carboxylic acid groups (broad SMARTS) is 1. The van der Waals surface area contributed by atoms with Crippen LogP contribution < -0.4 is 4.90 Å². The minimum absolute atomic E-state index is 0.103. The molecule has 0 radical (unpaired) electrons. The molecule has 0 atom stereocenters. The standard InChI is InChI=1S/C15H19F2NO2/c1-9-3-5-11(6-4-9)18(2)14-12(16)7-10(15(19)20)8-13(14)17/h7-9,11H,3-6H2,1-2H3,(H,19,20). The average Bonchev–Trinajstić information content (AvgIpc) is 2.38.